The Bertz CT molecular complexity index is 318. The minimum atomic E-state index is 0.0846. The van der Waals surface area contributed by atoms with E-state index in [9.17, 15) is 4.79 Å². The molecule has 0 N–H and O–H groups in total. The van der Waals surface area contributed by atoms with Gasteiger partial charge in [-0.3, -0.25) is 4.79 Å². The molecule has 3 nitrogen and oxygen atoms in total. The van der Waals surface area contributed by atoms with E-state index in [1.54, 1.807) is 0 Å². The Hall–Kier alpha value is -0.770. The fraction of sp³-hybridized carbons (Fsp3) is 0.700. The van der Waals surface area contributed by atoms with Crippen molar-refractivity contribution in [1.82, 2.24) is 9.36 Å². The lowest BCUT2D eigenvalue weighted by molar-refractivity contribution is -0.121. The van der Waals surface area contributed by atoms with Crippen molar-refractivity contribution in [3.63, 3.8) is 0 Å². The lowest BCUT2D eigenvalue weighted by Gasteiger charge is -1.99. The molecule has 1 aromatic rings. The van der Waals surface area contributed by atoms with Crippen LogP contribution in [0.2, 0.25) is 0 Å². The quantitative estimate of drug-likeness (QED) is 0.769. The van der Waals surface area contributed by atoms with Gasteiger partial charge in [0.25, 0.3) is 0 Å². The molecule has 0 radical (unpaired) electrons. The van der Waals surface area contributed by atoms with E-state index in [2.05, 4.69) is 23.2 Å². The van der Waals surface area contributed by atoms with Gasteiger partial charge in [0, 0.05) is 11.8 Å². The van der Waals surface area contributed by atoms with Crippen LogP contribution in [-0.4, -0.2) is 15.1 Å². The molecule has 0 aliphatic heterocycles. The third-order valence-electron chi connectivity index (χ3n) is 1.97. The van der Waals surface area contributed by atoms with Crippen LogP contribution in [0.15, 0.2) is 0 Å². The molecule has 78 valence electrons. The topological polar surface area (TPSA) is 42.9 Å². The number of carbonyl (C=O) groups excluding carboxylic acids is 1. The molecule has 1 rings (SSSR count). The Morgan fingerprint density at radius 3 is 2.43 bits per heavy atom. The molecule has 0 bridgehead atoms. The largest absolute Gasteiger partial charge is 0.299 e. The monoisotopic (exact) mass is 212 g/mol. The maximum atomic E-state index is 11.4. The SMILES string of the molecule is CC(C)C(=O)Cc1nc(C(C)C)ns1. The molecule has 0 fully saturated rings. The van der Waals surface area contributed by atoms with Gasteiger partial charge in [0.05, 0.1) is 6.42 Å². The van der Waals surface area contributed by atoms with E-state index in [1.165, 1.54) is 11.5 Å². The van der Waals surface area contributed by atoms with Crippen molar-refractivity contribution in [2.75, 3.05) is 0 Å². The smallest absolute Gasteiger partial charge is 0.145 e. The highest BCUT2D eigenvalue weighted by Crippen LogP contribution is 2.14. The van der Waals surface area contributed by atoms with Crippen LogP contribution < -0.4 is 0 Å². The first kappa shape index (κ1) is 11.3. The Kier molecular flexibility index (Phi) is 3.75. The van der Waals surface area contributed by atoms with Gasteiger partial charge in [0.15, 0.2) is 0 Å². The predicted octanol–water partition coefficient (Wildman–Crippen LogP) is 2.43. The molecule has 0 amide bonds. The summed E-state index contributed by atoms with van der Waals surface area (Å²) in [5.41, 5.74) is 0. The van der Waals surface area contributed by atoms with Gasteiger partial charge in [-0.25, -0.2) is 4.98 Å². The number of Topliss-reactive ketones (excluding diaryl/α,β-unsaturated/α-hetero) is 1. The number of rotatable bonds is 4. The summed E-state index contributed by atoms with van der Waals surface area (Å²) in [5.74, 6) is 1.51. The molecule has 0 unspecified atom stereocenters. The highest BCUT2D eigenvalue weighted by atomic mass is 32.1. The summed E-state index contributed by atoms with van der Waals surface area (Å²) in [7, 11) is 0. The molecule has 0 aliphatic carbocycles. The number of hydrogen-bond acceptors (Lipinski definition) is 4. The number of hydrogen-bond donors (Lipinski definition) is 0. The van der Waals surface area contributed by atoms with Crippen molar-refractivity contribution >= 4 is 17.3 Å². The second-order valence-electron chi connectivity index (χ2n) is 4.00. The maximum absolute atomic E-state index is 11.4. The summed E-state index contributed by atoms with van der Waals surface area (Å²) in [6.07, 6.45) is 0.433. The van der Waals surface area contributed by atoms with E-state index < -0.39 is 0 Å². The Morgan fingerprint density at radius 1 is 1.36 bits per heavy atom. The summed E-state index contributed by atoms with van der Waals surface area (Å²) in [6, 6.07) is 0. The zero-order valence-electron chi connectivity index (χ0n) is 9.07. The van der Waals surface area contributed by atoms with E-state index in [1.807, 2.05) is 13.8 Å². The summed E-state index contributed by atoms with van der Waals surface area (Å²) >= 11 is 1.34. The third-order valence-corrected chi connectivity index (χ3v) is 2.69. The molecular formula is C10H16N2OS. The summed E-state index contributed by atoms with van der Waals surface area (Å²) in [5, 5.41) is 0.840. The van der Waals surface area contributed by atoms with Gasteiger partial charge < -0.3 is 0 Å². The van der Waals surface area contributed by atoms with Crippen molar-refractivity contribution in [3.05, 3.63) is 10.8 Å². The van der Waals surface area contributed by atoms with E-state index >= 15 is 0 Å². The second-order valence-corrected chi connectivity index (χ2v) is 4.84. The van der Waals surface area contributed by atoms with Gasteiger partial charge in [-0.15, -0.1) is 0 Å². The average molecular weight is 212 g/mol. The Balaban J connectivity index is 2.64. The molecule has 0 aromatic carbocycles. The van der Waals surface area contributed by atoms with Crippen LogP contribution in [0.1, 0.15) is 44.4 Å². The van der Waals surface area contributed by atoms with Gasteiger partial charge >= 0.3 is 0 Å². The predicted molar refractivity (Wildman–Crippen MR) is 57.5 cm³/mol. The summed E-state index contributed by atoms with van der Waals surface area (Å²) < 4.78 is 4.21. The number of aromatic nitrogens is 2. The molecule has 0 saturated heterocycles. The minimum Gasteiger partial charge on any atom is -0.299 e. The fourth-order valence-electron chi connectivity index (χ4n) is 0.928. The average Bonchev–Trinajstić information content (AvgIpc) is 2.52. The molecule has 0 aliphatic rings. The molecular weight excluding hydrogens is 196 g/mol. The van der Waals surface area contributed by atoms with E-state index in [0.29, 0.717) is 12.3 Å². The van der Waals surface area contributed by atoms with Crippen LogP contribution in [0.25, 0.3) is 0 Å². The first-order chi connectivity index (χ1) is 6.50. The fourth-order valence-corrected chi connectivity index (χ4v) is 1.72. The lowest BCUT2D eigenvalue weighted by Crippen LogP contribution is -2.10. The summed E-state index contributed by atoms with van der Waals surface area (Å²) in [6.45, 7) is 7.92. The zero-order chi connectivity index (χ0) is 10.7. The summed E-state index contributed by atoms with van der Waals surface area (Å²) in [4.78, 5) is 15.7. The molecule has 0 spiro atoms. The highest BCUT2D eigenvalue weighted by molar-refractivity contribution is 7.05. The van der Waals surface area contributed by atoms with Crippen LogP contribution in [0.3, 0.4) is 0 Å². The van der Waals surface area contributed by atoms with Crippen LogP contribution >= 0.6 is 11.5 Å². The van der Waals surface area contributed by atoms with Crippen LogP contribution in [0.5, 0.6) is 0 Å². The van der Waals surface area contributed by atoms with Crippen LogP contribution in [-0.2, 0) is 11.2 Å². The molecule has 0 atom stereocenters. The van der Waals surface area contributed by atoms with E-state index in [0.717, 1.165) is 10.8 Å². The Morgan fingerprint density at radius 2 is 2.00 bits per heavy atom. The molecule has 0 saturated carbocycles. The number of ketones is 1. The highest BCUT2D eigenvalue weighted by Gasteiger charge is 2.13. The normalized spacial score (nSPS) is 11.3. The third kappa shape index (κ3) is 2.87. The van der Waals surface area contributed by atoms with E-state index in [4.69, 9.17) is 0 Å². The molecule has 4 heteroatoms. The molecule has 1 heterocycles. The van der Waals surface area contributed by atoms with Crippen LogP contribution in [0, 0.1) is 5.92 Å². The van der Waals surface area contributed by atoms with Crippen molar-refractivity contribution in [2.45, 2.75) is 40.0 Å². The van der Waals surface area contributed by atoms with Crippen LogP contribution in [0.4, 0.5) is 0 Å². The number of carbonyl (C=O) groups is 1. The van der Waals surface area contributed by atoms with Crippen molar-refractivity contribution in [2.24, 2.45) is 5.92 Å². The van der Waals surface area contributed by atoms with Crippen molar-refractivity contribution in [1.29, 1.82) is 0 Å². The van der Waals surface area contributed by atoms with Gasteiger partial charge in [0.2, 0.25) is 0 Å². The van der Waals surface area contributed by atoms with Crippen molar-refractivity contribution in [3.8, 4) is 0 Å². The zero-order valence-corrected chi connectivity index (χ0v) is 9.89. The van der Waals surface area contributed by atoms with Gasteiger partial charge in [-0.1, -0.05) is 27.7 Å². The Labute approximate surface area is 88.7 Å². The van der Waals surface area contributed by atoms with Gasteiger partial charge in [-0.05, 0) is 11.5 Å². The van der Waals surface area contributed by atoms with E-state index in [-0.39, 0.29) is 11.7 Å². The molecule has 1 aromatic heterocycles. The lowest BCUT2D eigenvalue weighted by atomic mass is 10.1. The van der Waals surface area contributed by atoms with Crippen molar-refractivity contribution < 1.29 is 4.79 Å². The van der Waals surface area contributed by atoms with Gasteiger partial charge in [0.1, 0.15) is 16.6 Å². The second kappa shape index (κ2) is 4.64. The molecule has 14 heavy (non-hydrogen) atoms. The minimum absolute atomic E-state index is 0.0846. The maximum Gasteiger partial charge on any atom is 0.145 e. The first-order valence-corrected chi connectivity index (χ1v) is 5.63. The number of nitrogens with zero attached hydrogens (tertiary/aromatic N) is 2. The first-order valence-electron chi connectivity index (χ1n) is 4.86. The van der Waals surface area contributed by atoms with Gasteiger partial charge in [-0.2, -0.15) is 4.37 Å². The standard InChI is InChI=1S/C10H16N2OS/c1-6(2)8(13)5-9-11-10(7(3)4)12-14-9/h6-7H,5H2,1-4H3.